The normalized spacial score (nSPS) is 14.4. The quantitative estimate of drug-likeness (QED) is 0.107. The number of aliphatic imine (C=N–C) groups is 1. The van der Waals surface area contributed by atoms with Crippen molar-refractivity contribution in [2.24, 2.45) is 4.99 Å². The van der Waals surface area contributed by atoms with Crippen LogP contribution in [-0.2, 0) is 11.2 Å². The van der Waals surface area contributed by atoms with E-state index in [4.69, 9.17) is 12.2 Å². The average molecular weight is 671 g/mol. The van der Waals surface area contributed by atoms with Gasteiger partial charge in [0.2, 0.25) is 5.91 Å². The molecule has 0 spiro atoms. The van der Waals surface area contributed by atoms with Crippen molar-refractivity contribution >= 4 is 45.9 Å². The Morgan fingerprint density at radius 2 is 1.83 bits per heavy atom. The first-order valence-electron chi connectivity index (χ1n) is 14.5. The number of nitrogens with zero attached hydrogens (tertiary/aromatic N) is 5. The molecule has 0 unspecified atom stereocenters. The zero-order valence-corrected chi connectivity index (χ0v) is 26.6. The second-order valence-electron chi connectivity index (χ2n) is 10.7. The van der Waals surface area contributed by atoms with Crippen LogP contribution in [0.1, 0.15) is 43.7 Å². The molecule has 0 atom stereocenters. The monoisotopic (exact) mass is 670 g/mol. The Hall–Kier alpha value is -4.30. The molecule has 1 aromatic heterocycles. The molecule has 14 heteroatoms. The highest BCUT2D eigenvalue weighted by atomic mass is 32.2. The fraction of sp³-hybridized carbons (Fsp3) is 0.281. The standard InChI is InChI=1S/C32H30F4N6O2S2/c1-20(2)26-17-23(33)10-15-27(26)42-28(43)18-46-31(42)39-30(45)37-16-4-3-5-21-6-8-22(9-7-21)29-38-19-41(40-29)24-11-13-25(14-12-24)44-32(34,35)36/h6-15,17,19-20H,3-5,16,18H2,1-2H3,(H,37,45)/b39-31-. The van der Waals surface area contributed by atoms with Gasteiger partial charge in [-0.2, -0.15) is 4.99 Å². The van der Waals surface area contributed by atoms with Crippen LogP contribution in [0.4, 0.5) is 23.2 Å². The maximum absolute atomic E-state index is 13.9. The van der Waals surface area contributed by atoms with Crippen molar-refractivity contribution in [3.05, 3.63) is 90.0 Å². The summed E-state index contributed by atoms with van der Waals surface area (Å²) in [6, 6.07) is 17.7. The maximum atomic E-state index is 13.9. The summed E-state index contributed by atoms with van der Waals surface area (Å²) < 4.78 is 56.5. The minimum atomic E-state index is -4.75. The van der Waals surface area contributed by atoms with Crippen molar-refractivity contribution in [2.45, 2.75) is 45.4 Å². The Morgan fingerprint density at radius 1 is 1.09 bits per heavy atom. The Morgan fingerprint density at radius 3 is 2.52 bits per heavy atom. The van der Waals surface area contributed by atoms with Crippen LogP contribution < -0.4 is 15.0 Å². The SMILES string of the molecule is CC(C)c1cc(F)ccc1N1C(=O)CS/C1=N\C(=S)NCCCCc1ccc(-c2ncn(-c3ccc(OC(F)(F)F)cc3)n2)cc1. The van der Waals surface area contributed by atoms with Crippen molar-refractivity contribution in [2.75, 3.05) is 17.2 Å². The zero-order chi connectivity index (χ0) is 32.8. The molecule has 1 aliphatic heterocycles. The van der Waals surface area contributed by atoms with Gasteiger partial charge in [0, 0.05) is 12.1 Å². The number of alkyl halides is 3. The number of rotatable bonds is 10. The molecule has 3 aromatic carbocycles. The number of carbonyl (C=O) groups excluding carboxylic acids is 1. The first-order valence-corrected chi connectivity index (χ1v) is 15.8. The number of aromatic nitrogens is 3. The van der Waals surface area contributed by atoms with E-state index in [-0.39, 0.29) is 34.3 Å². The van der Waals surface area contributed by atoms with Gasteiger partial charge in [0.15, 0.2) is 16.1 Å². The second-order valence-corrected chi connectivity index (χ2v) is 12.0. The molecule has 1 aliphatic rings. The number of hydrogen-bond donors (Lipinski definition) is 1. The molecular formula is C32H30F4N6O2S2. The molecular weight excluding hydrogens is 641 g/mol. The molecule has 0 saturated carbocycles. The van der Waals surface area contributed by atoms with Gasteiger partial charge in [-0.1, -0.05) is 49.9 Å². The van der Waals surface area contributed by atoms with Gasteiger partial charge in [-0.05, 0) is 91.0 Å². The van der Waals surface area contributed by atoms with Gasteiger partial charge in [-0.15, -0.1) is 18.3 Å². The third-order valence-electron chi connectivity index (χ3n) is 7.02. The smallest absolute Gasteiger partial charge is 0.406 e. The molecule has 8 nitrogen and oxygen atoms in total. The van der Waals surface area contributed by atoms with E-state index >= 15 is 0 Å². The molecule has 0 bridgehead atoms. The summed E-state index contributed by atoms with van der Waals surface area (Å²) in [4.78, 5) is 23.0. The molecule has 240 valence electrons. The van der Waals surface area contributed by atoms with Gasteiger partial charge in [0.05, 0.1) is 17.1 Å². The van der Waals surface area contributed by atoms with Crippen LogP contribution in [0.15, 0.2) is 78.0 Å². The van der Waals surface area contributed by atoms with E-state index in [1.54, 1.807) is 6.07 Å². The Balaban J connectivity index is 1.09. The second kappa shape index (κ2) is 14.4. The summed E-state index contributed by atoms with van der Waals surface area (Å²) in [5.41, 5.74) is 3.85. The van der Waals surface area contributed by atoms with Crippen molar-refractivity contribution in [1.82, 2.24) is 20.1 Å². The predicted molar refractivity (Wildman–Crippen MR) is 175 cm³/mol. The van der Waals surface area contributed by atoms with Crippen LogP contribution in [0.2, 0.25) is 0 Å². The fourth-order valence-electron chi connectivity index (χ4n) is 4.79. The minimum Gasteiger partial charge on any atom is -0.406 e. The number of unbranched alkanes of at least 4 members (excludes halogenated alkanes) is 1. The van der Waals surface area contributed by atoms with E-state index in [0.29, 0.717) is 28.9 Å². The number of benzene rings is 3. The number of ether oxygens (including phenoxy) is 1. The first kappa shape index (κ1) is 33.1. The van der Waals surface area contributed by atoms with Crippen LogP contribution in [0.3, 0.4) is 0 Å². The fourth-order valence-corrected chi connectivity index (χ4v) is 5.90. The highest BCUT2D eigenvalue weighted by Crippen LogP contribution is 2.34. The van der Waals surface area contributed by atoms with Gasteiger partial charge in [0.25, 0.3) is 0 Å². The van der Waals surface area contributed by atoms with E-state index in [0.717, 1.165) is 36.0 Å². The van der Waals surface area contributed by atoms with E-state index in [9.17, 15) is 22.4 Å². The first-order chi connectivity index (χ1) is 22.0. The molecule has 1 saturated heterocycles. The lowest BCUT2D eigenvalue weighted by atomic mass is 10.0. The topological polar surface area (TPSA) is 84.6 Å². The van der Waals surface area contributed by atoms with E-state index < -0.39 is 6.36 Å². The highest BCUT2D eigenvalue weighted by Gasteiger charge is 2.32. The Bertz CT molecular complexity index is 1720. The van der Waals surface area contributed by atoms with Crippen molar-refractivity contribution in [3.8, 4) is 22.8 Å². The molecule has 46 heavy (non-hydrogen) atoms. The molecule has 0 radical (unpaired) electrons. The third-order valence-corrected chi connectivity index (χ3v) is 8.18. The van der Waals surface area contributed by atoms with Crippen LogP contribution in [-0.4, -0.2) is 49.6 Å². The number of hydrogen-bond acceptors (Lipinski definition) is 6. The van der Waals surface area contributed by atoms with Crippen LogP contribution in [0, 0.1) is 5.82 Å². The van der Waals surface area contributed by atoms with Gasteiger partial charge < -0.3 is 10.1 Å². The van der Waals surface area contributed by atoms with Crippen LogP contribution in [0.25, 0.3) is 17.1 Å². The zero-order valence-electron chi connectivity index (χ0n) is 24.9. The number of amidine groups is 1. The molecule has 1 fully saturated rings. The lowest BCUT2D eigenvalue weighted by molar-refractivity contribution is -0.274. The molecule has 0 aliphatic carbocycles. The average Bonchev–Trinajstić information content (AvgIpc) is 3.64. The number of thiocarbonyl (C=S) groups is 1. The summed E-state index contributed by atoms with van der Waals surface area (Å²) in [6.45, 7) is 4.51. The van der Waals surface area contributed by atoms with Gasteiger partial charge >= 0.3 is 6.36 Å². The molecule has 2 heterocycles. The number of thioether (sulfide) groups is 1. The summed E-state index contributed by atoms with van der Waals surface area (Å²) in [5.74, 6) is -0.0336. The number of anilines is 1. The molecule has 4 aromatic rings. The third kappa shape index (κ3) is 8.49. The lowest BCUT2D eigenvalue weighted by Gasteiger charge is -2.21. The van der Waals surface area contributed by atoms with Crippen LogP contribution in [0.5, 0.6) is 5.75 Å². The largest absolute Gasteiger partial charge is 0.573 e. The van der Waals surface area contributed by atoms with Crippen molar-refractivity contribution in [3.63, 3.8) is 0 Å². The van der Waals surface area contributed by atoms with Crippen molar-refractivity contribution < 1.29 is 27.1 Å². The van der Waals surface area contributed by atoms with Gasteiger partial charge in [0.1, 0.15) is 17.9 Å². The summed E-state index contributed by atoms with van der Waals surface area (Å²) in [7, 11) is 0. The van der Waals surface area contributed by atoms with Crippen molar-refractivity contribution in [1.29, 1.82) is 0 Å². The Kier molecular flexibility index (Phi) is 10.4. The number of aryl methyl sites for hydroxylation is 1. The number of halogens is 4. The number of amides is 1. The lowest BCUT2D eigenvalue weighted by Crippen LogP contribution is -2.32. The van der Waals surface area contributed by atoms with Gasteiger partial charge in [-0.3, -0.25) is 9.69 Å². The van der Waals surface area contributed by atoms with Gasteiger partial charge in [-0.25, -0.2) is 14.1 Å². The molecule has 1 amide bonds. The van der Waals surface area contributed by atoms with E-state index in [2.05, 4.69) is 25.1 Å². The summed E-state index contributed by atoms with van der Waals surface area (Å²) in [5, 5.41) is 8.35. The van der Waals surface area contributed by atoms with E-state index in [1.165, 1.54) is 64.1 Å². The number of carbonyl (C=O) groups is 1. The predicted octanol–water partition coefficient (Wildman–Crippen LogP) is 7.43. The maximum Gasteiger partial charge on any atom is 0.573 e. The highest BCUT2D eigenvalue weighted by molar-refractivity contribution is 8.15. The summed E-state index contributed by atoms with van der Waals surface area (Å²) in [6.07, 6.45) is -0.660. The molecule has 5 rings (SSSR count). The minimum absolute atomic E-state index is 0.0198. The summed E-state index contributed by atoms with van der Waals surface area (Å²) >= 11 is 6.73. The van der Waals surface area contributed by atoms with E-state index in [1.807, 2.05) is 38.1 Å². The van der Waals surface area contributed by atoms with Crippen LogP contribution >= 0.6 is 24.0 Å². The molecule has 1 N–H and O–H groups in total. The Labute approximate surface area is 272 Å². The number of nitrogens with one attached hydrogen (secondary N) is 1.